The molecular weight excluding hydrogens is 356 g/mol. The smallest absolute Gasteiger partial charge is 0.254 e. The molecule has 0 radical (unpaired) electrons. The van der Waals surface area contributed by atoms with Crippen LogP contribution in [0.5, 0.6) is 0 Å². The average Bonchev–Trinajstić information content (AvgIpc) is 2.71. The van der Waals surface area contributed by atoms with Gasteiger partial charge in [-0.05, 0) is 37.8 Å². The number of aromatic nitrogens is 1. The van der Waals surface area contributed by atoms with E-state index < -0.39 is 11.3 Å². The van der Waals surface area contributed by atoms with Crippen LogP contribution in [-0.4, -0.2) is 58.2 Å². The van der Waals surface area contributed by atoms with Crippen LogP contribution in [0, 0.1) is 5.41 Å². The molecule has 7 nitrogen and oxygen atoms in total. The van der Waals surface area contributed by atoms with E-state index in [1.165, 1.54) is 0 Å². The molecule has 2 aromatic rings. The molecule has 3 rings (SSSR count). The van der Waals surface area contributed by atoms with Gasteiger partial charge in [-0.25, -0.2) is 0 Å². The standard InChI is InChI=1S/C21H26N4O3/c1-4-21(3,19(22)27)20(28)24-10-11-25(14(2)13-24)18(26)17-7-5-6-15-12-23-9-8-16(15)17/h5-9,12,14H,4,10-11,13H2,1-3H3,(H2,22,27). The first-order valence-electron chi connectivity index (χ1n) is 9.52. The lowest BCUT2D eigenvalue weighted by atomic mass is 9.84. The molecule has 0 aliphatic carbocycles. The van der Waals surface area contributed by atoms with E-state index in [1.54, 1.807) is 36.0 Å². The molecule has 1 aromatic carbocycles. The largest absolute Gasteiger partial charge is 0.369 e. The summed E-state index contributed by atoms with van der Waals surface area (Å²) in [4.78, 5) is 45.4. The molecule has 1 fully saturated rings. The van der Waals surface area contributed by atoms with Gasteiger partial charge in [-0.15, -0.1) is 0 Å². The van der Waals surface area contributed by atoms with Crippen LogP contribution in [0.15, 0.2) is 36.7 Å². The fraction of sp³-hybridized carbons (Fsp3) is 0.429. The highest BCUT2D eigenvalue weighted by Gasteiger charge is 2.42. The molecule has 2 N–H and O–H groups in total. The summed E-state index contributed by atoms with van der Waals surface area (Å²) < 4.78 is 0. The minimum atomic E-state index is -1.21. The van der Waals surface area contributed by atoms with Gasteiger partial charge in [-0.1, -0.05) is 19.1 Å². The van der Waals surface area contributed by atoms with Gasteiger partial charge in [0.2, 0.25) is 11.8 Å². The molecule has 7 heteroatoms. The van der Waals surface area contributed by atoms with Crippen molar-refractivity contribution in [1.82, 2.24) is 14.8 Å². The van der Waals surface area contributed by atoms with Crippen molar-refractivity contribution in [2.45, 2.75) is 33.2 Å². The number of primary amides is 1. The molecule has 28 heavy (non-hydrogen) atoms. The molecule has 148 valence electrons. The second kappa shape index (κ2) is 7.58. The monoisotopic (exact) mass is 382 g/mol. The van der Waals surface area contributed by atoms with Crippen molar-refractivity contribution < 1.29 is 14.4 Å². The van der Waals surface area contributed by atoms with E-state index in [0.717, 1.165) is 10.8 Å². The van der Waals surface area contributed by atoms with E-state index in [2.05, 4.69) is 4.98 Å². The number of nitrogens with two attached hydrogens (primary N) is 1. The quantitative estimate of drug-likeness (QED) is 0.816. The highest BCUT2D eigenvalue weighted by Crippen LogP contribution is 2.27. The van der Waals surface area contributed by atoms with Crippen LogP contribution in [0.1, 0.15) is 37.6 Å². The van der Waals surface area contributed by atoms with Crippen LogP contribution >= 0.6 is 0 Å². The fourth-order valence-corrected chi connectivity index (χ4v) is 3.69. The Bertz CT molecular complexity index is 924. The van der Waals surface area contributed by atoms with E-state index in [0.29, 0.717) is 31.6 Å². The lowest BCUT2D eigenvalue weighted by Crippen LogP contribution is -2.59. The molecule has 3 amide bonds. The highest BCUT2D eigenvalue weighted by atomic mass is 16.2. The zero-order valence-corrected chi connectivity index (χ0v) is 16.5. The third-order valence-electron chi connectivity index (χ3n) is 5.81. The number of hydrogen-bond acceptors (Lipinski definition) is 4. The lowest BCUT2D eigenvalue weighted by molar-refractivity contribution is -0.150. The van der Waals surface area contributed by atoms with Gasteiger partial charge >= 0.3 is 0 Å². The van der Waals surface area contributed by atoms with Crippen LogP contribution < -0.4 is 5.73 Å². The number of carbonyl (C=O) groups is 3. The Morgan fingerprint density at radius 3 is 2.64 bits per heavy atom. The third-order valence-corrected chi connectivity index (χ3v) is 5.81. The van der Waals surface area contributed by atoms with Crippen LogP contribution in [0.25, 0.3) is 10.8 Å². The van der Waals surface area contributed by atoms with Gasteiger partial charge < -0.3 is 15.5 Å². The Balaban J connectivity index is 1.80. The molecule has 1 aliphatic heterocycles. The minimum Gasteiger partial charge on any atom is -0.369 e. The van der Waals surface area contributed by atoms with Gasteiger partial charge in [0.25, 0.3) is 5.91 Å². The van der Waals surface area contributed by atoms with Crippen molar-refractivity contribution in [1.29, 1.82) is 0 Å². The van der Waals surface area contributed by atoms with Crippen molar-refractivity contribution in [2.75, 3.05) is 19.6 Å². The number of hydrogen-bond donors (Lipinski definition) is 1. The van der Waals surface area contributed by atoms with Crippen molar-refractivity contribution in [3.05, 3.63) is 42.2 Å². The molecular formula is C21H26N4O3. The van der Waals surface area contributed by atoms with Crippen molar-refractivity contribution >= 4 is 28.5 Å². The normalized spacial score (nSPS) is 19.3. The second-order valence-electron chi connectivity index (χ2n) is 7.55. The summed E-state index contributed by atoms with van der Waals surface area (Å²) in [6.07, 6.45) is 3.76. The van der Waals surface area contributed by atoms with Crippen LogP contribution in [-0.2, 0) is 9.59 Å². The maximum absolute atomic E-state index is 13.2. The van der Waals surface area contributed by atoms with Gasteiger partial charge in [0.1, 0.15) is 5.41 Å². The highest BCUT2D eigenvalue weighted by molar-refractivity contribution is 6.07. The summed E-state index contributed by atoms with van der Waals surface area (Å²) in [5.74, 6) is -0.947. The maximum atomic E-state index is 13.2. The number of piperazine rings is 1. The van der Waals surface area contributed by atoms with Crippen molar-refractivity contribution in [2.24, 2.45) is 11.1 Å². The maximum Gasteiger partial charge on any atom is 0.254 e. The summed E-state index contributed by atoms with van der Waals surface area (Å²) in [5.41, 5.74) is 4.89. The first-order chi connectivity index (χ1) is 13.3. The summed E-state index contributed by atoms with van der Waals surface area (Å²) in [6, 6.07) is 7.26. The Morgan fingerprint density at radius 2 is 2.00 bits per heavy atom. The summed E-state index contributed by atoms with van der Waals surface area (Å²) >= 11 is 0. The fourth-order valence-electron chi connectivity index (χ4n) is 3.69. The average molecular weight is 382 g/mol. The molecule has 2 atom stereocenters. The number of carbonyl (C=O) groups excluding carboxylic acids is 3. The molecule has 2 unspecified atom stereocenters. The summed E-state index contributed by atoms with van der Waals surface area (Å²) in [6.45, 7) is 6.44. The van der Waals surface area contributed by atoms with Gasteiger partial charge in [0.15, 0.2) is 0 Å². The van der Waals surface area contributed by atoms with Gasteiger partial charge in [0, 0.05) is 49.0 Å². The van der Waals surface area contributed by atoms with Crippen molar-refractivity contribution in [3.63, 3.8) is 0 Å². The third kappa shape index (κ3) is 3.32. The Kier molecular flexibility index (Phi) is 5.36. The van der Waals surface area contributed by atoms with Crippen molar-refractivity contribution in [3.8, 4) is 0 Å². The Labute approximate surface area is 164 Å². The topological polar surface area (TPSA) is 96.6 Å². The first-order valence-corrected chi connectivity index (χ1v) is 9.52. The molecule has 1 aliphatic rings. The molecule has 0 saturated carbocycles. The SMILES string of the molecule is CCC(C)(C(N)=O)C(=O)N1CCN(C(=O)c2cccc3cnccc23)C(C)C1. The number of rotatable bonds is 4. The molecule has 1 saturated heterocycles. The minimum absolute atomic E-state index is 0.0652. The number of amides is 3. The molecule has 0 spiro atoms. The number of fused-ring (bicyclic) bond motifs is 1. The van der Waals surface area contributed by atoms with Gasteiger partial charge in [-0.2, -0.15) is 0 Å². The summed E-state index contributed by atoms with van der Waals surface area (Å²) in [7, 11) is 0. The van der Waals surface area contributed by atoms with Gasteiger partial charge in [-0.3, -0.25) is 19.4 Å². The Morgan fingerprint density at radius 1 is 1.25 bits per heavy atom. The molecule has 2 heterocycles. The first kappa shape index (κ1) is 19.8. The number of pyridine rings is 1. The molecule has 0 bridgehead atoms. The lowest BCUT2D eigenvalue weighted by Gasteiger charge is -2.42. The van der Waals surface area contributed by atoms with Gasteiger partial charge in [0.05, 0.1) is 0 Å². The number of benzene rings is 1. The number of nitrogens with zero attached hydrogens (tertiary/aromatic N) is 3. The zero-order valence-electron chi connectivity index (χ0n) is 16.5. The van der Waals surface area contributed by atoms with E-state index in [1.807, 2.05) is 31.2 Å². The van der Waals surface area contributed by atoms with Crippen LogP contribution in [0.4, 0.5) is 0 Å². The van der Waals surface area contributed by atoms with Crippen LogP contribution in [0.2, 0.25) is 0 Å². The molecule has 1 aromatic heterocycles. The summed E-state index contributed by atoms with van der Waals surface area (Å²) in [5, 5.41) is 1.77. The van der Waals surface area contributed by atoms with Crippen LogP contribution in [0.3, 0.4) is 0 Å². The predicted octanol–water partition coefficient (Wildman–Crippen LogP) is 1.81. The van der Waals surface area contributed by atoms with E-state index in [9.17, 15) is 14.4 Å². The van der Waals surface area contributed by atoms with E-state index >= 15 is 0 Å². The predicted molar refractivity (Wildman–Crippen MR) is 106 cm³/mol. The second-order valence-corrected chi connectivity index (χ2v) is 7.55. The zero-order chi connectivity index (χ0) is 20.5. The Hall–Kier alpha value is -2.96. The van der Waals surface area contributed by atoms with E-state index in [4.69, 9.17) is 5.73 Å². The van der Waals surface area contributed by atoms with E-state index in [-0.39, 0.29) is 17.9 Å².